The van der Waals surface area contributed by atoms with E-state index in [9.17, 15) is 19.5 Å². The molecule has 0 spiro atoms. The van der Waals surface area contributed by atoms with Gasteiger partial charge in [-0.05, 0) is 50.7 Å². The van der Waals surface area contributed by atoms with Crippen molar-refractivity contribution >= 4 is 24.1 Å². The standard InChI is InChI=1S/C22H26N4O6/c27-11-16-18(28)5-2-6-19(16)31-12-21(29)24-20-10-17(25-26-20)13-7-8-15(9-13)32-22(30)23-14-3-1-4-14/h2,5-6,10-11,13-15,28H,1,3-4,7-9,12H2,(H,23,30)(H2,24,25,26,29)/t13-,15+/m0/s1. The molecular formula is C22H26N4O6. The number of hydrogen-bond donors (Lipinski definition) is 4. The number of anilines is 1. The summed E-state index contributed by atoms with van der Waals surface area (Å²) < 4.78 is 10.9. The number of amides is 2. The highest BCUT2D eigenvalue weighted by Gasteiger charge is 2.31. The van der Waals surface area contributed by atoms with Gasteiger partial charge < -0.3 is 25.2 Å². The Morgan fingerprint density at radius 3 is 2.84 bits per heavy atom. The Labute approximate surface area is 184 Å². The van der Waals surface area contributed by atoms with E-state index in [0.717, 1.165) is 37.8 Å². The minimum Gasteiger partial charge on any atom is -0.507 e. The zero-order valence-electron chi connectivity index (χ0n) is 17.5. The van der Waals surface area contributed by atoms with Crippen LogP contribution >= 0.6 is 0 Å². The first-order chi connectivity index (χ1) is 15.5. The number of aromatic amines is 1. The predicted molar refractivity (Wildman–Crippen MR) is 114 cm³/mol. The van der Waals surface area contributed by atoms with E-state index in [1.165, 1.54) is 18.2 Å². The second-order valence-corrected chi connectivity index (χ2v) is 8.16. The van der Waals surface area contributed by atoms with Crippen LogP contribution in [0.1, 0.15) is 60.5 Å². The van der Waals surface area contributed by atoms with Crippen molar-refractivity contribution in [1.29, 1.82) is 0 Å². The number of aromatic hydroxyl groups is 1. The summed E-state index contributed by atoms with van der Waals surface area (Å²) in [6.45, 7) is -0.345. The molecule has 0 bridgehead atoms. The molecule has 10 heteroatoms. The normalized spacial score (nSPS) is 20.2. The SMILES string of the molecule is O=Cc1c(O)cccc1OCC(=O)Nc1cc([C@H]2CC[C@@H](OC(=O)NC3CCC3)C2)[nH]n1. The van der Waals surface area contributed by atoms with Gasteiger partial charge in [-0.1, -0.05) is 6.07 Å². The Morgan fingerprint density at radius 2 is 2.09 bits per heavy atom. The van der Waals surface area contributed by atoms with Gasteiger partial charge in [0.15, 0.2) is 18.7 Å². The summed E-state index contributed by atoms with van der Waals surface area (Å²) in [7, 11) is 0. The maximum atomic E-state index is 12.2. The van der Waals surface area contributed by atoms with Gasteiger partial charge in [0, 0.05) is 23.7 Å². The Kier molecular flexibility index (Phi) is 6.58. The first kappa shape index (κ1) is 21.7. The number of aromatic nitrogens is 2. The van der Waals surface area contributed by atoms with Crippen LogP contribution in [-0.4, -0.2) is 52.3 Å². The highest BCUT2D eigenvalue weighted by atomic mass is 16.6. The molecule has 10 nitrogen and oxygen atoms in total. The summed E-state index contributed by atoms with van der Waals surface area (Å²) in [5, 5.41) is 22.2. The minimum absolute atomic E-state index is 0.0123. The smallest absolute Gasteiger partial charge is 0.407 e. The van der Waals surface area contributed by atoms with Gasteiger partial charge in [-0.15, -0.1) is 0 Å². The van der Waals surface area contributed by atoms with E-state index >= 15 is 0 Å². The lowest BCUT2D eigenvalue weighted by Crippen LogP contribution is -2.40. The zero-order valence-corrected chi connectivity index (χ0v) is 17.5. The van der Waals surface area contributed by atoms with Crippen molar-refractivity contribution < 1.29 is 29.0 Å². The van der Waals surface area contributed by atoms with Crippen molar-refractivity contribution in [3.8, 4) is 11.5 Å². The van der Waals surface area contributed by atoms with Crippen LogP contribution in [-0.2, 0) is 9.53 Å². The average molecular weight is 442 g/mol. The quantitative estimate of drug-likeness (QED) is 0.460. The molecule has 2 atom stereocenters. The number of phenolic OH excluding ortho intramolecular Hbond substituents is 1. The molecule has 2 aliphatic carbocycles. The van der Waals surface area contributed by atoms with Gasteiger partial charge in [-0.25, -0.2) is 4.79 Å². The first-order valence-corrected chi connectivity index (χ1v) is 10.7. The molecule has 0 saturated heterocycles. The number of rotatable bonds is 8. The van der Waals surface area contributed by atoms with Crippen LogP contribution in [0.5, 0.6) is 11.5 Å². The fourth-order valence-electron chi connectivity index (χ4n) is 3.94. The Bertz CT molecular complexity index is 987. The van der Waals surface area contributed by atoms with Crippen LogP contribution in [0.15, 0.2) is 24.3 Å². The Balaban J connectivity index is 1.24. The molecule has 2 saturated carbocycles. The van der Waals surface area contributed by atoms with Crippen molar-refractivity contribution in [3.63, 3.8) is 0 Å². The molecule has 0 unspecified atom stereocenters. The van der Waals surface area contributed by atoms with Crippen LogP contribution in [0, 0.1) is 0 Å². The van der Waals surface area contributed by atoms with E-state index in [0.29, 0.717) is 18.5 Å². The van der Waals surface area contributed by atoms with E-state index in [1.807, 2.05) is 0 Å². The number of carbonyl (C=O) groups excluding carboxylic acids is 3. The third-order valence-electron chi connectivity index (χ3n) is 5.91. The molecule has 2 aromatic rings. The van der Waals surface area contributed by atoms with Gasteiger partial charge in [0.1, 0.15) is 17.6 Å². The lowest BCUT2D eigenvalue weighted by molar-refractivity contribution is -0.118. The van der Waals surface area contributed by atoms with Gasteiger partial charge in [0.25, 0.3) is 5.91 Å². The molecule has 4 N–H and O–H groups in total. The molecule has 2 aliphatic rings. The third kappa shape index (κ3) is 5.19. The molecule has 1 heterocycles. The number of ether oxygens (including phenoxy) is 2. The van der Waals surface area contributed by atoms with E-state index in [-0.39, 0.29) is 47.8 Å². The maximum absolute atomic E-state index is 12.2. The van der Waals surface area contributed by atoms with Crippen LogP contribution in [0.2, 0.25) is 0 Å². The Morgan fingerprint density at radius 1 is 1.25 bits per heavy atom. The number of benzene rings is 1. The molecule has 32 heavy (non-hydrogen) atoms. The van der Waals surface area contributed by atoms with E-state index < -0.39 is 5.91 Å². The highest BCUT2D eigenvalue weighted by Crippen LogP contribution is 2.36. The third-order valence-corrected chi connectivity index (χ3v) is 5.91. The lowest BCUT2D eigenvalue weighted by atomic mass is 9.93. The molecule has 1 aromatic heterocycles. The predicted octanol–water partition coefficient (Wildman–Crippen LogP) is 2.86. The fourth-order valence-corrected chi connectivity index (χ4v) is 3.94. The number of nitrogens with zero attached hydrogens (tertiary/aromatic N) is 1. The van der Waals surface area contributed by atoms with E-state index in [2.05, 4.69) is 20.8 Å². The summed E-state index contributed by atoms with van der Waals surface area (Å²) in [5.41, 5.74) is 0.852. The summed E-state index contributed by atoms with van der Waals surface area (Å²) in [4.78, 5) is 35.2. The second-order valence-electron chi connectivity index (χ2n) is 8.16. The van der Waals surface area contributed by atoms with Crippen LogP contribution < -0.4 is 15.4 Å². The van der Waals surface area contributed by atoms with Crippen LogP contribution in [0.3, 0.4) is 0 Å². The summed E-state index contributed by atoms with van der Waals surface area (Å²) >= 11 is 0. The Hall–Kier alpha value is -3.56. The summed E-state index contributed by atoms with van der Waals surface area (Å²) in [5.74, 6) is -0.0328. The molecule has 170 valence electrons. The monoisotopic (exact) mass is 442 g/mol. The van der Waals surface area contributed by atoms with Crippen molar-refractivity contribution in [2.24, 2.45) is 0 Å². The molecule has 0 aliphatic heterocycles. The van der Waals surface area contributed by atoms with E-state index in [4.69, 9.17) is 9.47 Å². The van der Waals surface area contributed by atoms with Crippen molar-refractivity contribution in [3.05, 3.63) is 35.5 Å². The van der Waals surface area contributed by atoms with Crippen molar-refractivity contribution in [2.75, 3.05) is 11.9 Å². The maximum Gasteiger partial charge on any atom is 0.407 e. The summed E-state index contributed by atoms with van der Waals surface area (Å²) in [6, 6.07) is 6.38. The second kappa shape index (κ2) is 9.71. The summed E-state index contributed by atoms with van der Waals surface area (Å²) in [6.07, 6.45) is 5.50. The lowest BCUT2D eigenvalue weighted by Gasteiger charge is -2.26. The zero-order chi connectivity index (χ0) is 22.5. The molecule has 1 aromatic carbocycles. The molecule has 4 rings (SSSR count). The number of nitrogens with one attached hydrogen (secondary N) is 3. The number of alkyl carbamates (subject to hydrolysis) is 1. The minimum atomic E-state index is -0.455. The van der Waals surface area contributed by atoms with Gasteiger partial charge >= 0.3 is 6.09 Å². The fraction of sp³-hybridized carbons (Fsp3) is 0.455. The van der Waals surface area contributed by atoms with Gasteiger partial charge in [0.05, 0.1) is 5.56 Å². The number of phenols is 1. The topological polar surface area (TPSA) is 143 Å². The number of H-pyrrole nitrogens is 1. The van der Waals surface area contributed by atoms with Crippen molar-refractivity contribution in [2.45, 2.75) is 56.6 Å². The largest absolute Gasteiger partial charge is 0.507 e. The van der Waals surface area contributed by atoms with Crippen LogP contribution in [0.4, 0.5) is 10.6 Å². The average Bonchev–Trinajstić information content (AvgIpc) is 3.39. The number of carbonyl (C=O) groups is 3. The van der Waals surface area contributed by atoms with Crippen LogP contribution in [0.25, 0.3) is 0 Å². The van der Waals surface area contributed by atoms with Gasteiger partial charge in [-0.3, -0.25) is 14.7 Å². The molecule has 0 radical (unpaired) electrons. The molecule has 2 amide bonds. The molecule has 2 fully saturated rings. The van der Waals surface area contributed by atoms with Gasteiger partial charge in [0.2, 0.25) is 0 Å². The van der Waals surface area contributed by atoms with E-state index in [1.54, 1.807) is 6.07 Å². The van der Waals surface area contributed by atoms with Crippen molar-refractivity contribution in [1.82, 2.24) is 15.5 Å². The molecular weight excluding hydrogens is 416 g/mol. The highest BCUT2D eigenvalue weighted by molar-refractivity contribution is 5.91. The first-order valence-electron chi connectivity index (χ1n) is 10.7. The number of hydrogen-bond acceptors (Lipinski definition) is 7. The van der Waals surface area contributed by atoms with Gasteiger partial charge in [-0.2, -0.15) is 5.10 Å². The number of aldehydes is 1.